The van der Waals surface area contributed by atoms with Crippen molar-refractivity contribution in [2.75, 3.05) is 13.7 Å². The highest BCUT2D eigenvalue weighted by Crippen LogP contribution is 2.24. The second-order valence-electron chi connectivity index (χ2n) is 9.18. The SMILES string of the molecule is COc1ccc(-c2nn(CN(Cc3ccccc3)Cc3ccccc3)c(=S)n2C[C@H]2CCCO2)cc1. The van der Waals surface area contributed by atoms with E-state index in [1.54, 1.807) is 7.11 Å². The summed E-state index contributed by atoms with van der Waals surface area (Å²) in [7, 11) is 1.68. The molecule has 5 rings (SSSR count). The van der Waals surface area contributed by atoms with Crippen molar-refractivity contribution >= 4 is 12.2 Å². The monoisotopic (exact) mass is 500 g/mol. The molecule has 6 nitrogen and oxygen atoms in total. The van der Waals surface area contributed by atoms with E-state index in [0.717, 1.165) is 49.7 Å². The summed E-state index contributed by atoms with van der Waals surface area (Å²) in [6, 6.07) is 29.1. The standard InChI is InChI=1S/C29H32N4O2S/c1-34-26-16-14-25(15-17-26)28-30-33(29(36)32(28)21-27-13-8-18-35-27)22-31(19-23-9-4-2-5-10-23)20-24-11-6-3-7-12-24/h2-7,9-12,14-17,27H,8,13,18-22H2,1H3/t27-/m1/s1. The van der Waals surface area contributed by atoms with Crippen molar-refractivity contribution in [1.29, 1.82) is 0 Å². The summed E-state index contributed by atoms with van der Waals surface area (Å²) in [5, 5.41) is 5.04. The second-order valence-corrected chi connectivity index (χ2v) is 9.54. The van der Waals surface area contributed by atoms with Gasteiger partial charge in [-0.3, -0.25) is 9.47 Å². The van der Waals surface area contributed by atoms with Crippen LogP contribution in [-0.4, -0.2) is 39.1 Å². The van der Waals surface area contributed by atoms with Crippen LogP contribution >= 0.6 is 12.2 Å². The molecule has 0 N–H and O–H groups in total. The van der Waals surface area contributed by atoms with Gasteiger partial charge in [0.2, 0.25) is 0 Å². The number of ether oxygens (including phenoxy) is 2. The first-order valence-corrected chi connectivity index (χ1v) is 12.8. The van der Waals surface area contributed by atoms with E-state index in [1.807, 2.05) is 28.9 Å². The van der Waals surface area contributed by atoms with Gasteiger partial charge in [0.15, 0.2) is 10.6 Å². The maximum absolute atomic E-state index is 6.00. The molecule has 0 saturated carbocycles. The molecule has 1 saturated heterocycles. The van der Waals surface area contributed by atoms with Gasteiger partial charge in [0.05, 0.1) is 26.4 Å². The highest BCUT2D eigenvalue weighted by molar-refractivity contribution is 7.71. The zero-order chi connectivity index (χ0) is 24.7. The molecular formula is C29H32N4O2S. The molecule has 1 atom stereocenters. The number of rotatable bonds is 10. The van der Waals surface area contributed by atoms with Gasteiger partial charge in [-0.05, 0) is 60.5 Å². The zero-order valence-electron chi connectivity index (χ0n) is 20.6. The Labute approximate surface area is 217 Å². The number of benzene rings is 3. The van der Waals surface area contributed by atoms with E-state index in [-0.39, 0.29) is 6.10 Å². The van der Waals surface area contributed by atoms with Gasteiger partial charge in [-0.25, -0.2) is 4.68 Å². The summed E-state index contributed by atoms with van der Waals surface area (Å²) in [5.41, 5.74) is 3.53. The van der Waals surface area contributed by atoms with Gasteiger partial charge in [-0.2, -0.15) is 5.10 Å². The van der Waals surface area contributed by atoms with Crippen molar-refractivity contribution in [2.45, 2.75) is 45.2 Å². The lowest BCUT2D eigenvalue weighted by Crippen LogP contribution is -2.26. The average Bonchev–Trinajstić information content (AvgIpc) is 3.54. The molecule has 7 heteroatoms. The third kappa shape index (κ3) is 5.93. The summed E-state index contributed by atoms with van der Waals surface area (Å²) in [6.45, 7) is 3.70. The fraction of sp³-hybridized carbons (Fsp3) is 0.310. The Kier molecular flexibility index (Phi) is 7.91. The normalized spacial score (nSPS) is 15.4. The third-order valence-electron chi connectivity index (χ3n) is 6.51. The number of hydrogen-bond donors (Lipinski definition) is 0. The summed E-state index contributed by atoms with van der Waals surface area (Å²) in [5.74, 6) is 1.68. The molecule has 0 amide bonds. The van der Waals surface area contributed by atoms with Crippen LogP contribution in [0.3, 0.4) is 0 Å². The van der Waals surface area contributed by atoms with E-state index < -0.39 is 0 Å². The van der Waals surface area contributed by atoms with Crippen molar-refractivity contribution in [3.05, 3.63) is 101 Å². The molecule has 3 aromatic carbocycles. The largest absolute Gasteiger partial charge is 0.497 e. The predicted molar refractivity (Wildman–Crippen MR) is 144 cm³/mol. The van der Waals surface area contributed by atoms with Crippen LogP contribution in [0.5, 0.6) is 5.75 Å². The Morgan fingerprint density at radius 2 is 1.58 bits per heavy atom. The Morgan fingerprint density at radius 3 is 2.14 bits per heavy atom. The molecule has 0 bridgehead atoms. The molecule has 1 fully saturated rings. The molecule has 186 valence electrons. The van der Waals surface area contributed by atoms with Gasteiger partial charge < -0.3 is 9.47 Å². The Hall–Kier alpha value is -3.26. The van der Waals surface area contributed by atoms with Crippen molar-refractivity contribution < 1.29 is 9.47 Å². The topological polar surface area (TPSA) is 44.5 Å². The Morgan fingerprint density at radius 1 is 0.944 bits per heavy atom. The molecule has 1 aliphatic heterocycles. The number of hydrogen-bond acceptors (Lipinski definition) is 5. The van der Waals surface area contributed by atoms with E-state index in [9.17, 15) is 0 Å². The molecule has 0 radical (unpaired) electrons. The van der Waals surface area contributed by atoms with E-state index in [4.69, 9.17) is 26.8 Å². The van der Waals surface area contributed by atoms with Crippen molar-refractivity contribution in [3.63, 3.8) is 0 Å². The summed E-state index contributed by atoms with van der Waals surface area (Å²) >= 11 is 6.00. The van der Waals surface area contributed by atoms with Crippen LogP contribution in [0.15, 0.2) is 84.9 Å². The van der Waals surface area contributed by atoms with Crippen LogP contribution in [-0.2, 0) is 31.0 Å². The van der Waals surface area contributed by atoms with E-state index in [2.05, 4.69) is 70.1 Å². The van der Waals surface area contributed by atoms with Gasteiger partial charge in [-0.15, -0.1) is 0 Å². The summed E-state index contributed by atoms with van der Waals surface area (Å²) in [4.78, 5) is 2.38. The van der Waals surface area contributed by atoms with Crippen LogP contribution in [0.25, 0.3) is 11.4 Å². The van der Waals surface area contributed by atoms with Gasteiger partial charge >= 0.3 is 0 Å². The number of aromatic nitrogens is 3. The first kappa shape index (κ1) is 24.4. The summed E-state index contributed by atoms with van der Waals surface area (Å²) < 4.78 is 16.1. The molecular weight excluding hydrogens is 468 g/mol. The van der Waals surface area contributed by atoms with Crippen molar-refractivity contribution in [2.24, 2.45) is 0 Å². The molecule has 1 aliphatic rings. The minimum atomic E-state index is 0.163. The quantitative estimate of drug-likeness (QED) is 0.253. The van der Waals surface area contributed by atoms with Crippen LogP contribution < -0.4 is 4.74 Å². The van der Waals surface area contributed by atoms with E-state index >= 15 is 0 Å². The minimum Gasteiger partial charge on any atom is -0.497 e. The van der Waals surface area contributed by atoms with Gasteiger partial charge in [0.25, 0.3) is 0 Å². The first-order valence-electron chi connectivity index (χ1n) is 12.4. The van der Waals surface area contributed by atoms with Crippen LogP contribution in [0.4, 0.5) is 0 Å². The molecule has 36 heavy (non-hydrogen) atoms. The highest BCUT2D eigenvalue weighted by atomic mass is 32.1. The molecule has 1 aromatic heterocycles. The minimum absolute atomic E-state index is 0.163. The number of nitrogens with zero attached hydrogens (tertiary/aromatic N) is 4. The van der Waals surface area contributed by atoms with Gasteiger partial charge in [0.1, 0.15) is 5.75 Å². The number of methoxy groups -OCH3 is 1. The fourth-order valence-electron chi connectivity index (χ4n) is 4.67. The lowest BCUT2D eigenvalue weighted by atomic mass is 10.2. The van der Waals surface area contributed by atoms with E-state index in [1.165, 1.54) is 11.1 Å². The molecule has 4 aromatic rings. The molecule has 0 aliphatic carbocycles. The van der Waals surface area contributed by atoms with Gasteiger partial charge in [-0.1, -0.05) is 60.7 Å². The summed E-state index contributed by atoms with van der Waals surface area (Å²) in [6.07, 6.45) is 2.30. The maximum Gasteiger partial charge on any atom is 0.199 e. The lowest BCUT2D eigenvalue weighted by Gasteiger charge is -2.22. The highest BCUT2D eigenvalue weighted by Gasteiger charge is 2.22. The lowest BCUT2D eigenvalue weighted by molar-refractivity contribution is 0.0966. The van der Waals surface area contributed by atoms with Crippen molar-refractivity contribution in [1.82, 2.24) is 19.2 Å². The average molecular weight is 501 g/mol. The van der Waals surface area contributed by atoms with Crippen LogP contribution in [0.2, 0.25) is 0 Å². The zero-order valence-corrected chi connectivity index (χ0v) is 21.4. The fourth-order valence-corrected chi connectivity index (χ4v) is 4.93. The maximum atomic E-state index is 6.00. The second kappa shape index (κ2) is 11.6. The third-order valence-corrected chi connectivity index (χ3v) is 6.94. The van der Waals surface area contributed by atoms with E-state index in [0.29, 0.717) is 18.0 Å². The molecule has 0 unspecified atom stereocenters. The smallest absolute Gasteiger partial charge is 0.199 e. The Bertz CT molecular complexity index is 1260. The van der Waals surface area contributed by atoms with Gasteiger partial charge in [0, 0.05) is 25.3 Å². The predicted octanol–water partition coefficient (Wildman–Crippen LogP) is 5.93. The molecule has 0 spiro atoms. The Balaban J connectivity index is 1.48. The van der Waals surface area contributed by atoms with Crippen molar-refractivity contribution in [3.8, 4) is 17.1 Å². The van der Waals surface area contributed by atoms with Crippen LogP contribution in [0.1, 0.15) is 24.0 Å². The van der Waals surface area contributed by atoms with Crippen LogP contribution in [0, 0.1) is 4.77 Å². The molecule has 2 heterocycles. The first-order chi connectivity index (χ1) is 17.7.